The Morgan fingerprint density at radius 1 is 0.900 bits per heavy atom. The Morgan fingerprint density at radius 2 is 1.50 bits per heavy atom. The average molecular weight is 403 g/mol. The van der Waals surface area contributed by atoms with Crippen molar-refractivity contribution >= 4 is 5.91 Å². The van der Waals surface area contributed by atoms with Crippen LogP contribution in [-0.2, 0) is 14.9 Å². The predicted molar refractivity (Wildman–Crippen MR) is 117 cm³/mol. The average Bonchev–Trinajstić information content (AvgIpc) is 2.80. The van der Waals surface area contributed by atoms with Crippen LogP contribution in [0.15, 0.2) is 78.9 Å². The molecule has 1 fully saturated rings. The number of carbonyl (C=O) groups is 1. The summed E-state index contributed by atoms with van der Waals surface area (Å²) >= 11 is 0. The van der Waals surface area contributed by atoms with Gasteiger partial charge in [0.15, 0.2) is 0 Å². The predicted octanol–water partition coefficient (Wildman–Crippen LogP) is 5.42. The normalized spacial score (nSPS) is 16.6. The molecule has 0 saturated carbocycles. The van der Waals surface area contributed by atoms with Gasteiger partial charge in [-0.05, 0) is 54.2 Å². The number of carbonyl (C=O) groups excluding carboxylic acids is 1. The second-order valence-corrected chi connectivity index (χ2v) is 7.88. The molecule has 154 valence electrons. The number of rotatable bonds is 5. The molecule has 0 aromatic heterocycles. The lowest BCUT2D eigenvalue weighted by Gasteiger charge is -2.37. The lowest BCUT2D eigenvalue weighted by atomic mass is 9.73. The Kier molecular flexibility index (Phi) is 5.96. The van der Waals surface area contributed by atoms with Crippen molar-refractivity contribution < 1.29 is 13.9 Å². The first-order valence-corrected chi connectivity index (χ1v) is 10.4. The van der Waals surface area contributed by atoms with Crippen molar-refractivity contribution in [3.8, 4) is 11.1 Å². The summed E-state index contributed by atoms with van der Waals surface area (Å²) in [7, 11) is 0. The highest BCUT2D eigenvalue weighted by molar-refractivity contribution is 5.88. The molecule has 1 heterocycles. The van der Waals surface area contributed by atoms with Gasteiger partial charge in [0.25, 0.3) is 0 Å². The molecule has 1 aliphatic rings. The molecule has 1 aliphatic heterocycles. The van der Waals surface area contributed by atoms with E-state index in [-0.39, 0.29) is 17.8 Å². The Bertz CT molecular complexity index is 978. The van der Waals surface area contributed by atoms with Crippen LogP contribution < -0.4 is 5.32 Å². The number of hydrogen-bond acceptors (Lipinski definition) is 2. The quantitative estimate of drug-likeness (QED) is 0.618. The third kappa shape index (κ3) is 4.14. The first kappa shape index (κ1) is 20.3. The summed E-state index contributed by atoms with van der Waals surface area (Å²) in [5, 5.41) is 3.19. The van der Waals surface area contributed by atoms with E-state index in [0.717, 1.165) is 16.7 Å². The Hall–Kier alpha value is -2.98. The second-order valence-electron chi connectivity index (χ2n) is 7.88. The van der Waals surface area contributed by atoms with Crippen LogP contribution >= 0.6 is 0 Å². The van der Waals surface area contributed by atoms with Crippen LogP contribution in [0.3, 0.4) is 0 Å². The molecule has 1 N–H and O–H groups in total. The Morgan fingerprint density at radius 3 is 2.13 bits per heavy atom. The highest BCUT2D eigenvalue weighted by Crippen LogP contribution is 2.36. The first-order chi connectivity index (χ1) is 14.6. The van der Waals surface area contributed by atoms with Crippen molar-refractivity contribution in [2.24, 2.45) is 0 Å². The summed E-state index contributed by atoms with van der Waals surface area (Å²) in [6.07, 6.45) is 1.17. The first-order valence-electron chi connectivity index (χ1n) is 10.4. The van der Waals surface area contributed by atoms with Gasteiger partial charge in [-0.1, -0.05) is 66.7 Å². The summed E-state index contributed by atoms with van der Waals surface area (Å²) in [4.78, 5) is 13.4. The minimum atomic E-state index is -0.690. The van der Waals surface area contributed by atoms with Gasteiger partial charge in [0.2, 0.25) is 5.91 Å². The van der Waals surface area contributed by atoms with Crippen LogP contribution in [0, 0.1) is 5.82 Å². The Balaban J connectivity index is 1.53. The smallest absolute Gasteiger partial charge is 0.231 e. The number of benzene rings is 3. The van der Waals surface area contributed by atoms with Crippen LogP contribution in [0.25, 0.3) is 11.1 Å². The standard InChI is InChI=1S/C26H26FNO2/c1-19(20-7-9-22(10-8-20)21-5-3-2-4-6-21)28-25(29)26(15-17-30-18-16-26)23-11-13-24(27)14-12-23/h2-14,19H,15-18H2,1H3,(H,28,29). The van der Waals surface area contributed by atoms with Crippen LogP contribution in [0.2, 0.25) is 0 Å². The zero-order valence-corrected chi connectivity index (χ0v) is 17.1. The van der Waals surface area contributed by atoms with Crippen molar-refractivity contribution in [2.75, 3.05) is 13.2 Å². The van der Waals surface area contributed by atoms with E-state index in [0.29, 0.717) is 26.1 Å². The molecule has 3 nitrogen and oxygen atoms in total. The number of hydrogen-bond donors (Lipinski definition) is 1. The van der Waals surface area contributed by atoms with E-state index in [1.807, 2.05) is 25.1 Å². The summed E-state index contributed by atoms with van der Waals surface area (Å²) in [5.41, 5.74) is 3.51. The van der Waals surface area contributed by atoms with Gasteiger partial charge in [-0.3, -0.25) is 4.79 Å². The number of nitrogens with one attached hydrogen (secondary N) is 1. The topological polar surface area (TPSA) is 38.3 Å². The van der Waals surface area contributed by atoms with E-state index in [4.69, 9.17) is 4.74 Å². The van der Waals surface area contributed by atoms with Crippen LogP contribution in [0.1, 0.15) is 36.9 Å². The fourth-order valence-corrected chi connectivity index (χ4v) is 4.15. The third-order valence-electron chi connectivity index (χ3n) is 6.04. The molecule has 1 unspecified atom stereocenters. The molecule has 3 aromatic rings. The van der Waals surface area contributed by atoms with Gasteiger partial charge in [0.05, 0.1) is 11.5 Å². The summed E-state index contributed by atoms with van der Waals surface area (Å²) in [6.45, 7) is 3.03. The maximum atomic E-state index is 13.4. The zero-order chi connectivity index (χ0) is 21.0. The van der Waals surface area contributed by atoms with Crippen molar-refractivity contribution in [3.05, 3.63) is 95.8 Å². The minimum absolute atomic E-state index is 0.0305. The number of ether oxygens (including phenoxy) is 1. The molecular weight excluding hydrogens is 377 g/mol. The van der Waals surface area contributed by atoms with Crippen molar-refractivity contribution in [1.29, 1.82) is 0 Å². The van der Waals surface area contributed by atoms with E-state index >= 15 is 0 Å². The molecule has 3 aromatic carbocycles. The molecule has 1 atom stereocenters. The molecule has 1 saturated heterocycles. The highest BCUT2D eigenvalue weighted by Gasteiger charge is 2.42. The van der Waals surface area contributed by atoms with E-state index in [1.165, 1.54) is 17.7 Å². The fraction of sp³-hybridized carbons (Fsp3) is 0.269. The molecule has 0 spiro atoms. The maximum Gasteiger partial charge on any atom is 0.231 e. The molecular formula is C26H26FNO2. The van der Waals surface area contributed by atoms with E-state index in [9.17, 15) is 9.18 Å². The van der Waals surface area contributed by atoms with Crippen molar-refractivity contribution in [2.45, 2.75) is 31.2 Å². The molecule has 4 heteroatoms. The van der Waals surface area contributed by atoms with Gasteiger partial charge in [0.1, 0.15) is 5.82 Å². The number of halogens is 1. The molecule has 4 rings (SSSR count). The summed E-state index contributed by atoms with van der Waals surface area (Å²) in [5.74, 6) is -0.328. The summed E-state index contributed by atoms with van der Waals surface area (Å²) < 4.78 is 19.0. The molecule has 0 aliphatic carbocycles. The monoisotopic (exact) mass is 403 g/mol. The van der Waals surface area contributed by atoms with Gasteiger partial charge in [0, 0.05) is 13.2 Å². The molecule has 1 amide bonds. The van der Waals surface area contributed by atoms with Gasteiger partial charge in [-0.2, -0.15) is 0 Å². The minimum Gasteiger partial charge on any atom is -0.381 e. The van der Waals surface area contributed by atoms with Gasteiger partial charge in [-0.25, -0.2) is 4.39 Å². The molecule has 0 radical (unpaired) electrons. The fourth-order valence-electron chi connectivity index (χ4n) is 4.15. The van der Waals surface area contributed by atoms with Crippen molar-refractivity contribution in [1.82, 2.24) is 5.32 Å². The van der Waals surface area contributed by atoms with Crippen LogP contribution in [0.5, 0.6) is 0 Å². The Labute approximate surface area is 176 Å². The lowest BCUT2D eigenvalue weighted by Crippen LogP contribution is -2.48. The largest absolute Gasteiger partial charge is 0.381 e. The van der Waals surface area contributed by atoms with Gasteiger partial charge < -0.3 is 10.1 Å². The zero-order valence-electron chi connectivity index (χ0n) is 17.1. The van der Waals surface area contributed by atoms with Crippen LogP contribution in [0.4, 0.5) is 4.39 Å². The molecule has 30 heavy (non-hydrogen) atoms. The van der Waals surface area contributed by atoms with Crippen molar-refractivity contribution in [3.63, 3.8) is 0 Å². The van der Waals surface area contributed by atoms with E-state index < -0.39 is 5.41 Å². The van der Waals surface area contributed by atoms with Crippen LogP contribution in [-0.4, -0.2) is 19.1 Å². The highest BCUT2D eigenvalue weighted by atomic mass is 19.1. The SMILES string of the molecule is CC(NC(=O)C1(c2ccc(F)cc2)CCOCC1)c1ccc(-c2ccccc2)cc1. The molecule has 0 bridgehead atoms. The van der Waals surface area contributed by atoms with E-state index in [2.05, 4.69) is 41.7 Å². The van der Waals surface area contributed by atoms with E-state index in [1.54, 1.807) is 12.1 Å². The number of amides is 1. The third-order valence-corrected chi connectivity index (χ3v) is 6.04. The summed E-state index contributed by atoms with van der Waals surface area (Å²) in [6, 6.07) is 24.6. The second kappa shape index (κ2) is 8.80. The van der Waals surface area contributed by atoms with Gasteiger partial charge >= 0.3 is 0 Å². The van der Waals surface area contributed by atoms with Gasteiger partial charge in [-0.15, -0.1) is 0 Å². The lowest BCUT2D eigenvalue weighted by molar-refractivity contribution is -0.131. The maximum absolute atomic E-state index is 13.4.